The van der Waals surface area contributed by atoms with Gasteiger partial charge in [-0.15, -0.1) is 0 Å². The molecule has 0 aliphatic carbocycles. The van der Waals surface area contributed by atoms with Gasteiger partial charge in [-0.2, -0.15) is 0 Å². The van der Waals surface area contributed by atoms with Gasteiger partial charge in [0.2, 0.25) is 0 Å². The zero-order valence-corrected chi connectivity index (χ0v) is 14.0. The first kappa shape index (κ1) is 14.9. The van der Waals surface area contributed by atoms with Crippen LogP contribution in [0.2, 0.25) is 5.02 Å². The summed E-state index contributed by atoms with van der Waals surface area (Å²) in [7, 11) is 1.68. The van der Waals surface area contributed by atoms with Gasteiger partial charge in [0.15, 0.2) is 0 Å². The van der Waals surface area contributed by atoms with Crippen LogP contribution in [0.1, 0.15) is 0 Å². The topological polar surface area (TPSA) is 25.0 Å². The normalized spacial score (nSPS) is 10.9. The molecule has 24 heavy (non-hydrogen) atoms. The van der Waals surface area contributed by atoms with E-state index in [9.17, 15) is 0 Å². The van der Waals surface area contributed by atoms with Crippen LogP contribution >= 0.6 is 11.6 Å². The number of fused-ring (bicyclic) bond motifs is 1. The Bertz CT molecular complexity index is 985. The van der Waals surface area contributed by atoms with Gasteiger partial charge in [-0.05, 0) is 41.5 Å². The Morgan fingerprint density at radius 1 is 0.792 bits per heavy atom. The van der Waals surface area contributed by atoms with Crippen LogP contribution in [-0.4, -0.2) is 12.1 Å². The van der Waals surface area contributed by atoms with Crippen LogP contribution in [-0.2, 0) is 0 Å². The van der Waals surface area contributed by atoms with Gasteiger partial charge in [-0.3, -0.25) is 0 Å². The predicted molar refractivity (Wildman–Crippen MR) is 101 cm³/mol. The lowest BCUT2D eigenvalue weighted by atomic mass is 9.98. The Labute approximate surface area is 145 Å². The molecular weight excluding hydrogens is 318 g/mol. The molecule has 4 aromatic rings. The maximum atomic E-state index is 6.04. The average Bonchev–Trinajstić information content (AvgIpc) is 3.02. The van der Waals surface area contributed by atoms with E-state index >= 15 is 0 Å². The van der Waals surface area contributed by atoms with Gasteiger partial charge >= 0.3 is 0 Å². The largest absolute Gasteiger partial charge is 0.497 e. The molecule has 0 bridgehead atoms. The Hall–Kier alpha value is -2.71. The van der Waals surface area contributed by atoms with Gasteiger partial charge in [0, 0.05) is 21.5 Å². The smallest absolute Gasteiger partial charge is 0.118 e. The summed E-state index contributed by atoms with van der Waals surface area (Å²) in [6.45, 7) is 0. The van der Waals surface area contributed by atoms with Crippen LogP contribution in [0.15, 0.2) is 72.8 Å². The van der Waals surface area contributed by atoms with Gasteiger partial charge in [-0.1, -0.05) is 54.1 Å². The van der Waals surface area contributed by atoms with E-state index in [0.29, 0.717) is 0 Å². The maximum Gasteiger partial charge on any atom is 0.118 e. The number of ether oxygens (including phenoxy) is 1. The van der Waals surface area contributed by atoms with E-state index in [4.69, 9.17) is 16.3 Å². The van der Waals surface area contributed by atoms with Crippen molar-refractivity contribution in [3.8, 4) is 28.1 Å². The molecule has 0 unspecified atom stereocenters. The highest BCUT2D eigenvalue weighted by Gasteiger charge is 2.14. The second-order valence-electron chi connectivity index (χ2n) is 5.66. The number of rotatable bonds is 3. The van der Waals surface area contributed by atoms with Crippen molar-refractivity contribution in [1.29, 1.82) is 0 Å². The highest BCUT2D eigenvalue weighted by atomic mass is 35.5. The van der Waals surface area contributed by atoms with Gasteiger partial charge in [-0.25, -0.2) is 0 Å². The quantitative estimate of drug-likeness (QED) is 0.477. The van der Waals surface area contributed by atoms with Crippen LogP contribution in [0.5, 0.6) is 5.75 Å². The third-order valence-electron chi connectivity index (χ3n) is 4.22. The van der Waals surface area contributed by atoms with Crippen LogP contribution in [0.25, 0.3) is 33.3 Å². The molecule has 4 rings (SSSR count). The molecule has 3 aromatic carbocycles. The van der Waals surface area contributed by atoms with Crippen LogP contribution in [0.4, 0.5) is 0 Å². The van der Waals surface area contributed by atoms with Gasteiger partial charge < -0.3 is 9.72 Å². The van der Waals surface area contributed by atoms with E-state index < -0.39 is 0 Å². The van der Waals surface area contributed by atoms with Gasteiger partial charge in [0.1, 0.15) is 5.75 Å². The second-order valence-corrected chi connectivity index (χ2v) is 6.09. The zero-order chi connectivity index (χ0) is 16.5. The van der Waals surface area contributed by atoms with Crippen molar-refractivity contribution in [3.63, 3.8) is 0 Å². The lowest BCUT2D eigenvalue weighted by Crippen LogP contribution is -1.85. The monoisotopic (exact) mass is 333 g/mol. The fourth-order valence-corrected chi connectivity index (χ4v) is 3.16. The summed E-state index contributed by atoms with van der Waals surface area (Å²) < 4.78 is 5.28. The van der Waals surface area contributed by atoms with Crippen molar-refractivity contribution in [1.82, 2.24) is 4.98 Å². The summed E-state index contributed by atoms with van der Waals surface area (Å²) in [5, 5.41) is 1.94. The number of hydrogen-bond donors (Lipinski definition) is 1. The molecule has 2 nitrogen and oxygen atoms in total. The summed E-state index contributed by atoms with van der Waals surface area (Å²) >= 11 is 6.04. The number of hydrogen-bond acceptors (Lipinski definition) is 1. The van der Waals surface area contributed by atoms with Crippen molar-refractivity contribution in [2.45, 2.75) is 0 Å². The van der Waals surface area contributed by atoms with E-state index in [1.807, 2.05) is 42.5 Å². The van der Waals surface area contributed by atoms with Crippen molar-refractivity contribution in [2.75, 3.05) is 7.11 Å². The average molecular weight is 334 g/mol. The molecule has 1 heterocycles. The highest BCUT2D eigenvalue weighted by Crippen LogP contribution is 2.38. The fraction of sp³-hybridized carbons (Fsp3) is 0.0476. The van der Waals surface area contributed by atoms with Crippen LogP contribution < -0.4 is 4.74 Å². The van der Waals surface area contributed by atoms with Gasteiger partial charge in [0.05, 0.1) is 12.8 Å². The molecule has 1 aromatic heterocycles. The molecule has 0 amide bonds. The number of halogens is 1. The summed E-state index contributed by atoms with van der Waals surface area (Å²) in [4.78, 5) is 3.55. The molecular formula is C21H16ClNO. The Morgan fingerprint density at radius 3 is 2.17 bits per heavy atom. The van der Waals surface area contributed by atoms with E-state index in [2.05, 4.69) is 35.3 Å². The number of H-pyrrole nitrogens is 1. The standard InChI is InChI=1S/C21H16ClNO/c1-24-17-12-8-14(9-13-17)20-18-4-2-3-5-19(18)23-21(20)15-6-10-16(22)11-7-15/h2-13,23H,1H3. The molecule has 0 aliphatic heterocycles. The number of aromatic nitrogens is 1. The zero-order valence-electron chi connectivity index (χ0n) is 13.2. The lowest BCUT2D eigenvalue weighted by Gasteiger charge is -2.07. The first-order valence-corrected chi connectivity index (χ1v) is 8.15. The number of nitrogens with one attached hydrogen (secondary N) is 1. The first-order valence-electron chi connectivity index (χ1n) is 7.77. The summed E-state index contributed by atoms with van der Waals surface area (Å²) in [5.74, 6) is 0.853. The Morgan fingerprint density at radius 2 is 1.46 bits per heavy atom. The van der Waals surface area contributed by atoms with Crippen molar-refractivity contribution in [2.24, 2.45) is 0 Å². The minimum atomic E-state index is 0.737. The SMILES string of the molecule is COc1ccc(-c2c(-c3ccc(Cl)cc3)[nH]c3ccccc23)cc1. The molecule has 118 valence electrons. The van der Waals surface area contributed by atoms with E-state index in [-0.39, 0.29) is 0 Å². The molecule has 0 saturated heterocycles. The second kappa shape index (κ2) is 6.06. The molecule has 0 saturated carbocycles. The van der Waals surface area contributed by atoms with Crippen LogP contribution in [0.3, 0.4) is 0 Å². The summed E-state index contributed by atoms with van der Waals surface area (Å²) in [5.41, 5.74) is 5.67. The minimum absolute atomic E-state index is 0.737. The Kier molecular flexibility index (Phi) is 3.75. The van der Waals surface area contributed by atoms with E-state index in [1.54, 1.807) is 7.11 Å². The molecule has 0 radical (unpaired) electrons. The van der Waals surface area contributed by atoms with Gasteiger partial charge in [0.25, 0.3) is 0 Å². The van der Waals surface area contributed by atoms with Crippen LogP contribution in [0, 0.1) is 0 Å². The Balaban J connectivity index is 1.97. The van der Waals surface area contributed by atoms with Crippen molar-refractivity contribution < 1.29 is 4.74 Å². The third kappa shape index (κ3) is 2.55. The molecule has 0 atom stereocenters. The molecule has 0 aliphatic rings. The number of benzene rings is 3. The van der Waals surface area contributed by atoms with E-state index in [1.165, 1.54) is 10.9 Å². The predicted octanol–water partition coefficient (Wildman–Crippen LogP) is 6.16. The van der Waals surface area contributed by atoms with E-state index in [0.717, 1.165) is 33.1 Å². The summed E-state index contributed by atoms with van der Waals surface area (Å²) in [6, 6.07) is 24.4. The number of methoxy groups -OCH3 is 1. The molecule has 0 fully saturated rings. The highest BCUT2D eigenvalue weighted by molar-refractivity contribution is 6.30. The molecule has 1 N–H and O–H groups in total. The summed E-state index contributed by atoms with van der Waals surface area (Å²) in [6.07, 6.45) is 0. The fourth-order valence-electron chi connectivity index (χ4n) is 3.03. The molecule has 0 spiro atoms. The minimum Gasteiger partial charge on any atom is -0.497 e. The third-order valence-corrected chi connectivity index (χ3v) is 4.47. The number of para-hydroxylation sites is 1. The molecule has 3 heteroatoms. The van der Waals surface area contributed by atoms with Crippen molar-refractivity contribution in [3.05, 3.63) is 77.8 Å². The lowest BCUT2D eigenvalue weighted by molar-refractivity contribution is 0.415. The van der Waals surface area contributed by atoms with Crippen molar-refractivity contribution >= 4 is 22.5 Å². The maximum absolute atomic E-state index is 6.04. The number of aromatic amines is 1. The first-order chi connectivity index (χ1) is 11.8.